The summed E-state index contributed by atoms with van der Waals surface area (Å²) < 4.78 is 21.0. The molecule has 0 aliphatic carbocycles. The van der Waals surface area contributed by atoms with Crippen molar-refractivity contribution in [2.24, 2.45) is 0 Å². The van der Waals surface area contributed by atoms with E-state index in [4.69, 9.17) is 18.7 Å². The predicted octanol–water partition coefficient (Wildman–Crippen LogP) is 4.03. The first kappa shape index (κ1) is 15.0. The number of nitrogens with zero attached hydrogens (tertiary/aromatic N) is 1. The van der Waals surface area contributed by atoms with Crippen LogP contribution in [0.2, 0.25) is 0 Å². The Morgan fingerprint density at radius 3 is 1.91 bits per heavy atom. The second-order valence-corrected chi connectivity index (χ2v) is 4.91. The number of methoxy groups -OCH3 is 3. The summed E-state index contributed by atoms with van der Waals surface area (Å²) in [5.41, 5.74) is 3.47. The summed E-state index contributed by atoms with van der Waals surface area (Å²) in [7, 11) is 4.88. The zero-order chi connectivity index (χ0) is 16.2. The van der Waals surface area contributed by atoms with Crippen molar-refractivity contribution in [3.63, 3.8) is 0 Å². The molecule has 0 saturated carbocycles. The maximum Gasteiger partial charge on any atom is 0.132 e. The Bertz CT molecular complexity index is 771. The minimum absolute atomic E-state index is 0.709. The second-order valence-electron chi connectivity index (χ2n) is 4.91. The molecular formula is C18H17NO4. The number of hydrogen-bond acceptors (Lipinski definition) is 5. The third kappa shape index (κ3) is 2.99. The fourth-order valence-electron chi connectivity index (χ4n) is 2.36. The molecule has 0 unspecified atom stereocenters. The zero-order valence-electron chi connectivity index (χ0n) is 13.2. The molecule has 23 heavy (non-hydrogen) atoms. The van der Waals surface area contributed by atoms with Crippen molar-refractivity contribution in [2.45, 2.75) is 0 Å². The molecule has 0 aliphatic heterocycles. The highest BCUT2D eigenvalue weighted by molar-refractivity contribution is 5.81. The Kier molecular flexibility index (Phi) is 4.19. The molecule has 2 aromatic carbocycles. The van der Waals surface area contributed by atoms with Crippen molar-refractivity contribution < 1.29 is 18.7 Å². The summed E-state index contributed by atoms with van der Waals surface area (Å²) in [5.74, 6) is 2.21. The molecule has 3 rings (SSSR count). The van der Waals surface area contributed by atoms with Gasteiger partial charge in [0, 0.05) is 17.2 Å². The molecule has 0 aliphatic rings. The first-order valence-electron chi connectivity index (χ1n) is 7.07. The molecule has 5 heteroatoms. The van der Waals surface area contributed by atoms with E-state index in [0.29, 0.717) is 11.5 Å². The van der Waals surface area contributed by atoms with Crippen molar-refractivity contribution in [3.8, 4) is 39.6 Å². The van der Waals surface area contributed by atoms with Crippen LogP contribution in [0.5, 0.6) is 17.2 Å². The lowest BCUT2D eigenvalue weighted by molar-refractivity contribution is 0.394. The van der Waals surface area contributed by atoms with Crippen LogP contribution in [-0.2, 0) is 0 Å². The van der Waals surface area contributed by atoms with Crippen LogP contribution < -0.4 is 14.2 Å². The minimum atomic E-state index is 0.709. The Morgan fingerprint density at radius 2 is 1.35 bits per heavy atom. The highest BCUT2D eigenvalue weighted by Gasteiger charge is 2.14. The van der Waals surface area contributed by atoms with E-state index in [1.807, 2.05) is 42.5 Å². The smallest absolute Gasteiger partial charge is 0.132 e. The number of benzene rings is 2. The van der Waals surface area contributed by atoms with Gasteiger partial charge in [-0.05, 0) is 42.0 Å². The lowest BCUT2D eigenvalue weighted by atomic mass is 10.0. The van der Waals surface area contributed by atoms with Crippen molar-refractivity contribution >= 4 is 0 Å². The van der Waals surface area contributed by atoms with Gasteiger partial charge in [-0.15, -0.1) is 0 Å². The summed E-state index contributed by atoms with van der Waals surface area (Å²) in [6.07, 6.45) is 1.62. The lowest BCUT2D eigenvalue weighted by Crippen LogP contribution is -1.89. The number of rotatable bonds is 5. The van der Waals surface area contributed by atoms with Crippen LogP contribution in [0.1, 0.15) is 0 Å². The molecule has 0 radical (unpaired) electrons. The molecule has 0 bridgehead atoms. The topological polar surface area (TPSA) is 53.7 Å². The van der Waals surface area contributed by atoms with Gasteiger partial charge in [-0.25, -0.2) is 0 Å². The number of ether oxygens (including phenoxy) is 3. The van der Waals surface area contributed by atoms with Gasteiger partial charge in [0.2, 0.25) is 0 Å². The molecule has 5 nitrogen and oxygen atoms in total. The van der Waals surface area contributed by atoms with Crippen LogP contribution in [0.15, 0.2) is 53.3 Å². The summed E-state index contributed by atoms with van der Waals surface area (Å²) in [5, 5.41) is 4.13. The maximum atomic E-state index is 5.32. The van der Waals surface area contributed by atoms with E-state index in [9.17, 15) is 0 Å². The maximum absolute atomic E-state index is 5.32. The second kappa shape index (κ2) is 6.44. The molecule has 3 aromatic rings. The van der Waals surface area contributed by atoms with Gasteiger partial charge >= 0.3 is 0 Å². The summed E-state index contributed by atoms with van der Waals surface area (Å²) in [6.45, 7) is 0. The molecule has 1 aromatic heterocycles. The lowest BCUT2D eigenvalue weighted by Gasteiger charge is -2.08. The Hall–Kier alpha value is -2.95. The first-order valence-corrected chi connectivity index (χ1v) is 7.07. The number of hydrogen-bond donors (Lipinski definition) is 0. The summed E-state index contributed by atoms with van der Waals surface area (Å²) in [6, 6.07) is 13.3. The normalized spacial score (nSPS) is 10.4. The van der Waals surface area contributed by atoms with E-state index in [1.54, 1.807) is 27.6 Å². The molecule has 0 amide bonds. The zero-order valence-corrected chi connectivity index (χ0v) is 13.2. The fraction of sp³-hybridized carbons (Fsp3) is 0.167. The molecule has 0 fully saturated rings. The van der Waals surface area contributed by atoms with Gasteiger partial charge in [-0.3, -0.25) is 0 Å². The third-order valence-corrected chi connectivity index (χ3v) is 3.60. The molecule has 1 heterocycles. The van der Waals surface area contributed by atoms with Crippen LogP contribution in [0, 0.1) is 0 Å². The minimum Gasteiger partial charge on any atom is -0.497 e. The Labute approximate surface area is 134 Å². The highest BCUT2D eigenvalue weighted by Crippen LogP contribution is 2.35. The van der Waals surface area contributed by atoms with Crippen molar-refractivity contribution in [2.75, 3.05) is 21.3 Å². The SMILES string of the molecule is COc1ccc(-c2nocc2-c2cc(OC)cc(OC)c2)cc1. The standard InChI is InChI=1S/C18H17NO4/c1-20-14-6-4-12(5-7-14)18-17(11-23-19-18)13-8-15(21-2)10-16(9-13)22-3/h4-11H,1-3H3. The van der Waals surface area contributed by atoms with Crippen LogP contribution >= 0.6 is 0 Å². The highest BCUT2D eigenvalue weighted by atomic mass is 16.5. The Balaban J connectivity index is 2.06. The molecular weight excluding hydrogens is 294 g/mol. The predicted molar refractivity (Wildman–Crippen MR) is 87.0 cm³/mol. The number of aromatic nitrogens is 1. The van der Waals surface area contributed by atoms with Crippen LogP contribution in [0.3, 0.4) is 0 Å². The van der Waals surface area contributed by atoms with Gasteiger partial charge in [0.1, 0.15) is 29.2 Å². The van der Waals surface area contributed by atoms with Gasteiger partial charge in [-0.2, -0.15) is 0 Å². The van der Waals surface area contributed by atoms with Crippen molar-refractivity contribution in [1.82, 2.24) is 5.16 Å². The van der Waals surface area contributed by atoms with E-state index in [2.05, 4.69) is 5.16 Å². The van der Waals surface area contributed by atoms with Gasteiger partial charge < -0.3 is 18.7 Å². The van der Waals surface area contributed by atoms with E-state index >= 15 is 0 Å². The first-order chi connectivity index (χ1) is 11.2. The van der Waals surface area contributed by atoms with Crippen molar-refractivity contribution in [3.05, 3.63) is 48.7 Å². The molecule has 0 atom stereocenters. The largest absolute Gasteiger partial charge is 0.497 e. The fourth-order valence-corrected chi connectivity index (χ4v) is 2.36. The third-order valence-electron chi connectivity index (χ3n) is 3.60. The quantitative estimate of drug-likeness (QED) is 0.712. The van der Waals surface area contributed by atoms with E-state index in [1.165, 1.54) is 0 Å². The molecule has 118 valence electrons. The monoisotopic (exact) mass is 311 g/mol. The molecule has 0 saturated heterocycles. The average Bonchev–Trinajstić information content (AvgIpc) is 3.11. The van der Waals surface area contributed by atoms with E-state index in [-0.39, 0.29) is 0 Å². The van der Waals surface area contributed by atoms with Gasteiger partial charge in [0.05, 0.1) is 21.3 Å². The van der Waals surface area contributed by atoms with Crippen molar-refractivity contribution in [1.29, 1.82) is 0 Å². The van der Waals surface area contributed by atoms with Crippen LogP contribution in [-0.4, -0.2) is 26.5 Å². The van der Waals surface area contributed by atoms with E-state index < -0.39 is 0 Å². The van der Waals surface area contributed by atoms with Gasteiger partial charge in [-0.1, -0.05) is 5.16 Å². The average molecular weight is 311 g/mol. The summed E-state index contributed by atoms with van der Waals surface area (Å²) in [4.78, 5) is 0. The van der Waals surface area contributed by atoms with Gasteiger partial charge in [0.15, 0.2) is 0 Å². The Morgan fingerprint density at radius 1 is 0.739 bits per heavy atom. The summed E-state index contributed by atoms with van der Waals surface area (Å²) >= 11 is 0. The van der Waals surface area contributed by atoms with Crippen LogP contribution in [0.25, 0.3) is 22.4 Å². The van der Waals surface area contributed by atoms with Crippen LogP contribution in [0.4, 0.5) is 0 Å². The molecule has 0 spiro atoms. The van der Waals surface area contributed by atoms with Gasteiger partial charge in [0.25, 0.3) is 0 Å². The van der Waals surface area contributed by atoms with E-state index in [0.717, 1.165) is 28.1 Å². The molecule has 0 N–H and O–H groups in total.